The molecule has 1 aromatic carbocycles. The monoisotopic (exact) mass is 481 g/mol. The second-order valence-corrected chi connectivity index (χ2v) is 7.41. The van der Waals surface area contributed by atoms with E-state index in [0.717, 1.165) is 5.56 Å². The second kappa shape index (κ2) is 8.30. The second-order valence-electron chi connectivity index (χ2n) is 5.75. The van der Waals surface area contributed by atoms with Gasteiger partial charge in [-0.1, -0.05) is 29.3 Å². The van der Waals surface area contributed by atoms with Crippen LogP contribution in [-0.2, 0) is 0 Å². The molecule has 0 aliphatic heterocycles. The van der Waals surface area contributed by atoms with Crippen LogP contribution < -0.4 is 10.6 Å². The number of benzene rings is 1. The molecule has 2 amide bonds. The molecule has 0 radical (unpaired) electrons. The van der Waals surface area contributed by atoms with Gasteiger partial charge in [0.05, 0.1) is 16.3 Å². The number of amides is 2. The molecule has 0 atom stereocenters. The molecule has 2 aromatic heterocycles. The molecule has 0 bridgehead atoms. The zero-order valence-electron chi connectivity index (χ0n) is 14.8. The zero-order chi connectivity index (χ0) is 20.4. The molecule has 144 valence electrons. The topological polar surface area (TPSA) is 88.9 Å². The predicted molar refractivity (Wildman–Crippen MR) is 112 cm³/mol. The number of carbonyl (C=O) groups excluding carboxylic acids is 2. The van der Waals surface area contributed by atoms with Crippen molar-refractivity contribution in [2.24, 2.45) is 0 Å². The highest BCUT2D eigenvalue weighted by Crippen LogP contribution is 2.31. The number of hydrogen-bond donors (Lipinski definition) is 2. The van der Waals surface area contributed by atoms with Crippen molar-refractivity contribution in [2.75, 3.05) is 12.4 Å². The number of hydrogen-bond acceptors (Lipinski definition) is 4. The van der Waals surface area contributed by atoms with Crippen LogP contribution in [0, 0.1) is 6.92 Å². The summed E-state index contributed by atoms with van der Waals surface area (Å²) in [7, 11) is 1.47. The number of pyridine rings is 1. The van der Waals surface area contributed by atoms with Gasteiger partial charge in [-0.3, -0.25) is 9.59 Å². The lowest BCUT2D eigenvalue weighted by molar-refractivity contribution is 0.0964. The van der Waals surface area contributed by atoms with Gasteiger partial charge >= 0.3 is 0 Å². The highest BCUT2D eigenvalue weighted by molar-refractivity contribution is 9.10. The first kappa shape index (κ1) is 20.3. The standard InChI is InChI=1S/C18H14BrCl2N5O2/c1-9-4-3-5-23-16(9)26-13(8-14(19)25-26)18(28)24-15-11(17(27)22-2)6-10(20)7-12(15)21/h3-8H,1-2H3,(H,22,27)(H,24,28). The number of rotatable bonds is 4. The highest BCUT2D eigenvalue weighted by atomic mass is 79.9. The Hall–Kier alpha value is -2.42. The number of carbonyl (C=O) groups is 2. The van der Waals surface area contributed by atoms with Gasteiger partial charge in [-0.05, 0) is 46.6 Å². The first-order valence-electron chi connectivity index (χ1n) is 8.02. The van der Waals surface area contributed by atoms with E-state index in [0.29, 0.717) is 10.4 Å². The predicted octanol–water partition coefficient (Wildman–Crippen LogP) is 4.26. The molecule has 0 spiro atoms. The van der Waals surface area contributed by atoms with Crippen LogP contribution >= 0.6 is 39.1 Å². The van der Waals surface area contributed by atoms with Crippen molar-refractivity contribution in [1.29, 1.82) is 0 Å². The smallest absolute Gasteiger partial charge is 0.274 e. The molecule has 3 aromatic rings. The van der Waals surface area contributed by atoms with Crippen molar-refractivity contribution in [3.05, 3.63) is 68.0 Å². The summed E-state index contributed by atoms with van der Waals surface area (Å²) in [6, 6.07) is 8.08. The minimum Gasteiger partial charge on any atom is -0.355 e. The van der Waals surface area contributed by atoms with Crippen molar-refractivity contribution >= 4 is 56.6 Å². The van der Waals surface area contributed by atoms with Gasteiger partial charge in [0, 0.05) is 24.3 Å². The first-order valence-corrected chi connectivity index (χ1v) is 9.56. The summed E-state index contributed by atoms with van der Waals surface area (Å²) in [4.78, 5) is 29.5. The molecule has 0 fully saturated rings. The van der Waals surface area contributed by atoms with Gasteiger partial charge in [-0.25, -0.2) is 9.67 Å². The summed E-state index contributed by atoms with van der Waals surface area (Å²) in [6.45, 7) is 1.86. The van der Waals surface area contributed by atoms with Crippen LogP contribution in [0.25, 0.3) is 5.82 Å². The van der Waals surface area contributed by atoms with E-state index in [2.05, 4.69) is 36.6 Å². The average Bonchev–Trinajstić information content (AvgIpc) is 3.05. The molecule has 0 saturated carbocycles. The number of aryl methyl sites for hydroxylation is 1. The van der Waals surface area contributed by atoms with Gasteiger partial charge in [0.25, 0.3) is 11.8 Å². The first-order chi connectivity index (χ1) is 13.3. The Morgan fingerprint density at radius 1 is 1.18 bits per heavy atom. The summed E-state index contributed by atoms with van der Waals surface area (Å²) in [5.74, 6) is -0.445. The van der Waals surface area contributed by atoms with E-state index in [-0.39, 0.29) is 27.0 Å². The lowest BCUT2D eigenvalue weighted by Crippen LogP contribution is -2.23. The number of halogens is 3. The summed E-state index contributed by atoms with van der Waals surface area (Å²) in [6.07, 6.45) is 1.61. The molecule has 0 aliphatic rings. The normalized spacial score (nSPS) is 10.6. The molecule has 28 heavy (non-hydrogen) atoms. The maximum atomic E-state index is 13.0. The van der Waals surface area contributed by atoms with Crippen LogP contribution in [0.5, 0.6) is 0 Å². The molecular weight excluding hydrogens is 469 g/mol. The Balaban J connectivity index is 2.05. The fourth-order valence-corrected chi connectivity index (χ4v) is 3.48. The molecule has 7 nitrogen and oxygen atoms in total. The van der Waals surface area contributed by atoms with Crippen LogP contribution in [0.2, 0.25) is 10.0 Å². The highest BCUT2D eigenvalue weighted by Gasteiger charge is 2.22. The third-order valence-corrected chi connectivity index (χ3v) is 4.76. The van der Waals surface area contributed by atoms with Gasteiger partial charge in [0.15, 0.2) is 5.82 Å². The summed E-state index contributed by atoms with van der Waals surface area (Å²) in [5, 5.41) is 9.88. The van der Waals surface area contributed by atoms with E-state index in [1.807, 2.05) is 13.0 Å². The number of nitrogens with zero attached hydrogens (tertiary/aromatic N) is 3. The Bertz CT molecular complexity index is 1080. The van der Waals surface area contributed by atoms with Crippen LogP contribution in [-0.4, -0.2) is 33.6 Å². The minimum atomic E-state index is -0.516. The molecule has 0 saturated heterocycles. The molecular formula is C18H14BrCl2N5O2. The maximum absolute atomic E-state index is 13.0. The lowest BCUT2D eigenvalue weighted by atomic mass is 10.1. The maximum Gasteiger partial charge on any atom is 0.274 e. The van der Waals surface area contributed by atoms with Crippen molar-refractivity contribution in [2.45, 2.75) is 6.92 Å². The van der Waals surface area contributed by atoms with E-state index in [9.17, 15) is 9.59 Å². The lowest BCUT2D eigenvalue weighted by Gasteiger charge is -2.14. The fraction of sp³-hybridized carbons (Fsp3) is 0.111. The Morgan fingerprint density at radius 2 is 1.93 bits per heavy atom. The van der Waals surface area contributed by atoms with Crippen molar-refractivity contribution < 1.29 is 9.59 Å². The molecule has 3 rings (SSSR count). The van der Waals surface area contributed by atoms with E-state index in [1.54, 1.807) is 18.3 Å². The van der Waals surface area contributed by atoms with Crippen molar-refractivity contribution in [1.82, 2.24) is 20.1 Å². The molecule has 0 aliphatic carbocycles. The van der Waals surface area contributed by atoms with Gasteiger partial charge < -0.3 is 10.6 Å². The van der Waals surface area contributed by atoms with Crippen LogP contribution in [0.1, 0.15) is 26.4 Å². The van der Waals surface area contributed by atoms with E-state index >= 15 is 0 Å². The van der Waals surface area contributed by atoms with Crippen LogP contribution in [0.4, 0.5) is 5.69 Å². The number of aromatic nitrogens is 3. The third-order valence-electron chi connectivity index (χ3n) is 3.86. The molecule has 2 N–H and O–H groups in total. The number of anilines is 1. The summed E-state index contributed by atoms with van der Waals surface area (Å²) >= 11 is 15.5. The summed E-state index contributed by atoms with van der Waals surface area (Å²) < 4.78 is 1.87. The Labute approximate surface area is 179 Å². The van der Waals surface area contributed by atoms with Crippen molar-refractivity contribution in [3.8, 4) is 5.82 Å². The Kier molecular flexibility index (Phi) is 6.02. The minimum absolute atomic E-state index is 0.138. The third kappa shape index (κ3) is 4.04. The number of nitrogens with one attached hydrogen (secondary N) is 2. The van der Waals surface area contributed by atoms with Gasteiger partial charge in [0.2, 0.25) is 0 Å². The fourth-order valence-electron chi connectivity index (χ4n) is 2.57. The SMILES string of the molecule is CNC(=O)c1cc(Cl)cc(Cl)c1NC(=O)c1cc(Br)nn1-c1ncccc1C. The molecule has 0 unspecified atom stereocenters. The van der Waals surface area contributed by atoms with Crippen molar-refractivity contribution in [3.63, 3.8) is 0 Å². The van der Waals surface area contributed by atoms with E-state index < -0.39 is 11.8 Å². The Morgan fingerprint density at radius 3 is 2.61 bits per heavy atom. The largest absolute Gasteiger partial charge is 0.355 e. The van der Waals surface area contributed by atoms with Gasteiger partial charge in [0.1, 0.15) is 10.3 Å². The van der Waals surface area contributed by atoms with Gasteiger partial charge in [-0.15, -0.1) is 0 Å². The molecule has 2 heterocycles. The van der Waals surface area contributed by atoms with E-state index in [4.69, 9.17) is 23.2 Å². The quantitative estimate of drug-likeness (QED) is 0.581. The van der Waals surface area contributed by atoms with E-state index in [1.165, 1.54) is 23.9 Å². The van der Waals surface area contributed by atoms with Gasteiger partial charge in [-0.2, -0.15) is 5.10 Å². The summed E-state index contributed by atoms with van der Waals surface area (Å²) in [5.41, 5.74) is 1.34. The average molecular weight is 483 g/mol. The van der Waals surface area contributed by atoms with Crippen LogP contribution in [0.3, 0.4) is 0 Å². The van der Waals surface area contributed by atoms with Crippen LogP contribution in [0.15, 0.2) is 41.1 Å². The molecule has 10 heteroatoms. The zero-order valence-corrected chi connectivity index (χ0v) is 17.9.